The summed E-state index contributed by atoms with van der Waals surface area (Å²) in [5.74, 6) is 0.939. The van der Waals surface area contributed by atoms with Crippen molar-refractivity contribution in [3.8, 4) is 11.5 Å². The van der Waals surface area contributed by atoms with Crippen molar-refractivity contribution in [2.24, 2.45) is 5.10 Å². The van der Waals surface area contributed by atoms with Crippen molar-refractivity contribution < 1.29 is 27.1 Å². The maximum atomic E-state index is 13.1. The van der Waals surface area contributed by atoms with E-state index in [0.717, 1.165) is 4.31 Å². The van der Waals surface area contributed by atoms with Gasteiger partial charge in [-0.15, -0.1) is 0 Å². The Bertz CT molecular complexity index is 1180. The molecule has 3 rings (SSSR count). The van der Waals surface area contributed by atoms with Gasteiger partial charge in [0.2, 0.25) is 10.0 Å². The molecule has 10 heteroatoms. The number of hydrazone groups is 1. The highest BCUT2D eigenvalue weighted by Crippen LogP contribution is 2.27. The fraction of sp³-hybridized carbons (Fsp3) is 0.217. The maximum absolute atomic E-state index is 13.1. The van der Waals surface area contributed by atoms with E-state index in [1.807, 2.05) is 6.92 Å². The Hall–Kier alpha value is -3.63. The molecule has 0 aliphatic carbocycles. The Labute approximate surface area is 192 Å². The second-order valence-electron chi connectivity index (χ2n) is 6.80. The van der Waals surface area contributed by atoms with Gasteiger partial charge in [0.15, 0.2) is 11.5 Å². The number of rotatable bonds is 11. The van der Waals surface area contributed by atoms with Crippen molar-refractivity contribution in [2.75, 3.05) is 20.3 Å². The quantitative estimate of drug-likeness (QED) is 0.340. The van der Waals surface area contributed by atoms with Crippen molar-refractivity contribution in [1.29, 1.82) is 0 Å². The highest BCUT2D eigenvalue weighted by atomic mass is 32.2. The Kier molecular flexibility index (Phi) is 8.22. The lowest BCUT2D eigenvalue weighted by atomic mass is 10.2. The molecule has 1 heterocycles. The first-order valence-electron chi connectivity index (χ1n) is 10.1. The van der Waals surface area contributed by atoms with Crippen LogP contribution in [0.3, 0.4) is 0 Å². The van der Waals surface area contributed by atoms with E-state index < -0.39 is 22.5 Å². The van der Waals surface area contributed by atoms with Gasteiger partial charge < -0.3 is 13.9 Å². The third-order valence-electron chi connectivity index (χ3n) is 4.50. The summed E-state index contributed by atoms with van der Waals surface area (Å²) in [7, 11) is -2.41. The number of carbonyl (C=O) groups is 1. The molecular formula is C23H25N3O6S. The SMILES string of the molecule is CCOc1ccc(/C=N\NC(=O)CN(Cc2ccco2)S(=O)(=O)c2ccccc2)cc1OC. The lowest BCUT2D eigenvalue weighted by Gasteiger charge is -2.20. The molecule has 1 aromatic heterocycles. The van der Waals surface area contributed by atoms with Crippen molar-refractivity contribution in [2.45, 2.75) is 18.4 Å². The zero-order valence-electron chi connectivity index (χ0n) is 18.3. The second kappa shape index (κ2) is 11.3. The summed E-state index contributed by atoms with van der Waals surface area (Å²) in [6.07, 6.45) is 2.87. The van der Waals surface area contributed by atoms with E-state index in [0.29, 0.717) is 29.4 Å². The fourth-order valence-corrected chi connectivity index (χ4v) is 4.34. The van der Waals surface area contributed by atoms with Crippen LogP contribution in [0, 0.1) is 0 Å². The van der Waals surface area contributed by atoms with Crippen LogP contribution in [0.5, 0.6) is 11.5 Å². The van der Waals surface area contributed by atoms with Crippen molar-refractivity contribution in [1.82, 2.24) is 9.73 Å². The predicted octanol–water partition coefficient (Wildman–Crippen LogP) is 3.03. The number of hydrogen-bond donors (Lipinski definition) is 1. The minimum absolute atomic E-state index is 0.0781. The van der Waals surface area contributed by atoms with Crippen LogP contribution in [-0.2, 0) is 21.4 Å². The predicted molar refractivity (Wildman–Crippen MR) is 123 cm³/mol. The van der Waals surface area contributed by atoms with Gasteiger partial charge >= 0.3 is 0 Å². The molecule has 0 unspecified atom stereocenters. The lowest BCUT2D eigenvalue weighted by Crippen LogP contribution is -2.38. The molecule has 3 aromatic rings. The van der Waals surface area contributed by atoms with Crippen molar-refractivity contribution >= 4 is 22.1 Å². The summed E-state index contributed by atoms with van der Waals surface area (Å²) >= 11 is 0. The van der Waals surface area contributed by atoms with E-state index in [-0.39, 0.29) is 11.4 Å². The number of carbonyl (C=O) groups excluding carboxylic acids is 1. The van der Waals surface area contributed by atoms with E-state index in [2.05, 4.69) is 10.5 Å². The molecular weight excluding hydrogens is 446 g/mol. The first-order valence-corrected chi connectivity index (χ1v) is 11.6. The number of furan rings is 1. The van der Waals surface area contributed by atoms with Gasteiger partial charge in [-0.1, -0.05) is 18.2 Å². The average Bonchev–Trinajstić information content (AvgIpc) is 3.33. The standard InChI is InChI=1S/C23H25N3O6S/c1-3-31-21-12-11-18(14-22(21)30-2)15-24-25-23(27)17-26(16-19-8-7-13-32-19)33(28,29)20-9-5-4-6-10-20/h4-15H,3,16-17H2,1-2H3,(H,25,27)/b24-15-. The molecule has 0 aliphatic heterocycles. The maximum Gasteiger partial charge on any atom is 0.255 e. The third kappa shape index (κ3) is 6.43. The number of ether oxygens (including phenoxy) is 2. The smallest absolute Gasteiger partial charge is 0.255 e. The van der Waals surface area contributed by atoms with Crippen LogP contribution in [-0.4, -0.2) is 45.1 Å². The largest absolute Gasteiger partial charge is 0.493 e. The van der Waals surface area contributed by atoms with Crippen molar-refractivity contribution in [3.05, 3.63) is 78.3 Å². The van der Waals surface area contributed by atoms with Crippen LogP contribution in [0.25, 0.3) is 0 Å². The molecule has 1 N–H and O–H groups in total. The molecule has 0 spiro atoms. The van der Waals surface area contributed by atoms with Crippen LogP contribution in [0.15, 0.2) is 81.3 Å². The molecule has 9 nitrogen and oxygen atoms in total. The molecule has 1 amide bonds. The molecule has 0 atom stereocenters. The molecule has 0 saturated heterocycles. The van der Waals surface area contributed by atoms with Gasteiger partial charge in [-0.3, -0.25) is 4.79 Å². The monoisotopic (exact) mass is 471 g/mol. The lowest BCUT2D eigenvalue weighted by molar-refractivity contribution is -0.121. The van der Waals surface area contributed by atoms with Crippen LogP contribution in [0.4, 0.5) is 0 Å². The average molecular weight is 472 g/mol. The summed E-state index contributed by atoms with van der Waals surface area (Å²) in [6.45, 7) is 1.83. The van der Waals surface area contributed by atoms with Crippen molar-refractivity contribution in [3.63, 3.8) is 0 Å². The van der Waals surface area contributed by atoms with Gasteiger partial charge in [-0.2, -0.15) is 9.41 Å². The number of sulfonamides is 1. The minimum Gasteiger partial charge on any atom is -0.493 e. The molecule has 0 radical (unpaired) electrons. The summed E-state index contributed by atoms with van der Waals surface area (Å²) in [5, 5.41) is 3.93. The number of benzene rings is 2. The van der Waals surface area contributed by atoms with Gasteiger partial charge in [0.25, 0.3) is 5.91 Å². The zero-order chi connectivity index (χ0) is 23.7. The van der Waals surface area contributed by atoms with E-state index in [4.69, 9.17) is 13.9 Å². The molecule has 0 saturated carbocycles. The highest BCUT2D eigenvalue weighted by Gasteiger charge is 2.27. The Balaban J connectivity index is 1.71. The van der Waals surface area contributed by atoms with E-state index >= 15 is 0 Å². The summed E-state index contributed by atoms with van der Waals surface area (Å²) in [4.78, 5) is 12.6. The van der Waals surface area contributed by atoms with Gasteiger partial charge in [-0.25, -0.2) is 13.8 Å². The van der Waals surface area contributed by atoms with Crippen LogP contribution in [0.1, 0.15) is 18.2 Å². The zero-order valence-corrected chi connectivity index (χ0v) is 19.1. The third-order valence-corrected chi connectivity index (χ3v) is 6.31. The van der Waals surface area contributed by atoms with Gasteiger partial charge in [-0.05, 0) is 55.0 Å². The second-order valence-corrected chi connectivity index (χ2v) is 8.74. The van der Waals surface area contributed by atoms with E-state index in [1.54, 1.807) is 48.5 Å². The number of hydrogen-bond acceptors (Lipinski definition) is 7. The number of amides is 1. The topological polar surface area (TPSA) is 110 Å². The number of nitrogens with zero attached hydrogens (tertiary/aromatic N) is 2. The number of methoxy groups -OCH3 is 1. The highest BCUT2D eigenvalue weighted by molar-refractivity contribution is 7.89. The number of nitrogens with one attached hydrogen (secondary N) is 1. The van der Waals surface area contributed by atoms with Gasteiger partial charge in [0.05, 0.1) is 44.2 Å². The van der Waals surface area contributed by atoms with E-state index in [9.17, 15) is 13.2 Å². The molecule has 2 aromatic carbocycles. The van der Waals surface area contributed by atoms with Gasteiger partial charge in [0.1, 0.15) is 5.76 Å². The van der Waals surface area contributed by atoms with Gasteiger partial charge in [0, 0.05) is 0 Å². The molecule has 0 bridgehead atoms. The molecule has 174 valence electrons. The summed E-state index contributed by atoms with van der Waals surface area (Å²) < 4.78 is 43.2. The van der Waals surface area contributed by atoms with Crippen LogP contribution in [0.2, 0.25) is 0 Å². The van der Waals surface area contributed by atoms with Crippen LogP contribution >= 0.6 is 0 Å². The Morgan fingerprint density at radius 2 is 1.91 bits per heavy atom. The molecule has 33 heavy (non-hydrogen) atoms. The first-order chi connectivity index (χ1) is 15.9. The first kappa shape index (κ1) is 24.0. The Morgan fingerprint density at radius 1 is 1.12 bits per heavy atom. The molecule has 0 aliphatic rings. The summed E-state index contributed by atoms with van der Waals surface area (Å²) in [6, 6.07) is 16.4. The Morgan fingerprint density at radius 3 is 2.58 bits per heavy atom. The van der Waals surface area contributed by atoms with E-state index in [1.165, 1.54) is 31.7 Å². The minimum atomic E-state index is -3.94. The normalized spacial score (nSPS) is 11.6. The van der Waals surface area contributed by atoms with Crippen LogP contribution < -0.4 is 14.9 Å². The molecule has 0 fully saturated rings. The summed E-state index contributed by atoms with van der Waals surface area (Å²) in [5.41, 5.74) is 3.03. The fourth-order valence-electron chi connectivity index (χ4n) is 2.96.